The molecule has 7 heteroatoms. The summed E-state index contributed by atoms with van der Waals surface area (Å²) in [6.07, 6.45) is -0.278. The highest BCUT2D eigenvalue weighted by molar-refractivity contribution is 5.62. The minimum absolute atomic E-state index is 0.278. The highest BCUT2D eigenvalue weighted by Gasteiger charge is 2.08. The van der Waals surface area contributed by atoms with E-state index in [9.17, 15) is 0 Å². The molecule has 0 radical (unpaired) electrons. The van der Waals surface area contributed by atoms with Crippen molar-refractivity contribution in [3.63, 3.8) is 0 Å². The third-order valence-corrected chi connectivity index (χ3v) is 2.74. The van der Waals surface area contributed by atoms with Crippen LogP contribution in [-0.4, -0.2) is 47.3 Å². The van der Waals surface area contributed by atoms with E-state index in [0.717, 1.165) is 17.1 Å². The summed E-state index contributed by atoms with van der Waals surface area (Å²) in [5.41, 5.74) is 1.91. The van der Waals surface area contributed by atoms with Crippen LogP contribution in [0.25, 0.3) is 11.4 Å². The minimum atomic E-state index is -0.278. The molecule has 0 fully saturated rings. The number of anilines is 1. The van der Waals surface area contributed by atoms with Gasteiger partial charge in [-0.05, 0) is 22.6 Å². The van der Waals surface area contributed by atoms with Crippen molar-refractivity contribution in [2.75, 3.05) is 26.1 Å². The third kappa shape index (κ3) is 3.27. The zero-order valence-electron chi connectivity index (χ0n) is 11.2. The van der Waals surface area contributed by atoms with Gasteiger partial charge in [0.25, 0.3) is 0 Å². The molecule has 7 nitrogen and oxygen atoms in total. The fourth-order valence-electron chi connectivity index (χ4n) is 1.71. The van der Waals surface area contributed by atoms with E-state index in [1.165, 1.54) is 0 Å². The van der Waals surface area contributed by atoms with Crippen LogP contribution in [0.5, 0.6) is 0 Å². The van der Waals surface area contributed by atoms with Crippen molar-refractivity contribution < 1.29 is 9.47 Å². The Hall–Kier alpha value is -1.99. The molecule has 1 aromatic carbocycles. The number of benzene rings is 1. The summed E-state index contributed by atoms with van der Waals surface area (Å²) < 4.78 is 11.9. The third-order valence-electron chi connectivity index (χ3n) is 2.74. The van der Waals surface area contributed by atoms with E-state index in [2.05, 4.69) is 20.8 Å². The molecule has 0 spiro atoms. The Morgan fingerprint density at radius 3 is 2.74 bits per heavy atom. The fraction of sp³-hybridized carbons (Fsp3) is 0.417. The molecule has 2 rings (SSSR count). The number of hydrogen-bond donors (Lipinski definition) is 1. The van der Waals surface area contributed by atoms with Gasteiger partial charge >= 0.3 is 0 Å². The standard InChI is InChI=1S/C12H17N5O2/c1-17-12(14-15-16-17)9-5-4-6-10(7-9)13-8-11(18-2)19-3/h4-7,11,13H,8H2,1-3H3. The van der Waals surface area contributed by atoms with Gasteiger partial charge in [0.2, 0.25) is 0 Å². The Morgan fingerprint density at radius 1 is 1.32 bits per heavy atom. The average Bonchev–Trinajstić information content (AvgIpc) is 2.86. The lowest BCUT2D eigenvalue weighted by Gasteiger charge is -2.15. The topological polar surface area (TPSA) is 74.1 Å². The summed E-state index contributed by atoms with van der Waals surface area (Å²) in [5.74, 6) is 0.721. The van der Waals surface area contributed by atoms with Gasteiger partial charge in [0.1, 0.15) is 0 Å². The molecule has 102 valence electrons. The van der Waals surface area contributed by atoms with Crippen LogP contribution >= 0.6 is 0 Å². The summed E-state index contributed by atoms with van der Waals surface area (Å²) in [6, 6.07) is 7.85. The van der Waals surface area contributed by atoms with Gasteiger partial charge in [0, 0.05) is 32.5 Å². The van der Waals surface area contributed by atoms with Crippen LogP contribution in [-0.2, 0) is 16.5 Å². The Kier molecular flexibility index (Phi) is 4.43. The number of aryl methyl sites for hydroxylation is 1. The number of tetrazole rings is 1. The van der Waals surface area contributed by atoms with E-state index in [1.54, 1.807) is 25.9 Å². The van der Waals surface area contributed by atoms with E-state index in [4.69, 9.17) is 9.47 Å². The van der Waals surface area contributed by atoms with Gasteiger partial charge in [-0.15, -0.1) is 5.10 Å². The highest BCUT2D eigenvalue weighted by Crippen LogP contribution is 2.19. The first-order valence-corrected chi connectivity index (χ1v) is 5.87. The summed E-state index contributed by atoms with van der Waals surface area (Å²) in [4.78, 5) is 0. The number of rotatable bonds is 6. The van der Waals surface area contributed by atoms with Crippen molar-refractivity contribution >= 4 is 5.69 Å². The second-order valence-electron chi connectivity index (χ2n) is 3.99. The normalized spacial score (nSPS) is 10.9. The second-order valence-corrected chi connectivity index (χ2v) is 3.99. The van der Waals surface area contributed by atoms with E-state index >= 15 is 0 Å². The van der Waals surface area contributed by atoms with Crippen molar-refractivity contribution in [1.82, 2.24) is 20.2 Å². The molecule has 1 N–H and O–H groups in total. The van der Waals surface area contributed by atoms with Crippen LogP contribution in [0.4, 0.5) is 5.69 Å². The average molecular weight is 263 g/mol. The molecule has 0 atom stereocenters. The molecule has 0 amide bonds. The maximum atomic E-state index is 5.12. The largest absolute Gasteiger partial charge is 0.380 e. The molecule has 0 aliphatic rings. The maximum absolute atomic E-state index is 5.12. The number of nitrogens with one attached hydrogen (secondary N) is 1. The van der Waals surface area contributed by atoms with Gasteiger partial charge in [-0.25, -0.2) is 4.68 Å². The lowest BCUT2D eigenvalue weighted by atomic mass is 10.2. The lowest BCUT2D eigenvalue weighted by Crippen LogP contribution is -2.23. The molecule has 19 heavy (non-hydrogen) atoms. The molecule has 0 saturated carbocycles. The smallest absolute Gasteiger partial charge is 0.181 e. The van der Waals surface area contributed by atoms with Crippen LogP contribution < -0.4 is 5.32 Å². The van der Waals surface area contributed by atoms with Crippen molar-refractivity contribution in [2.45, 2.75) is 6.29 Å². The Morgan fingerprint density at radius 2 is 2.11 bits per heavy atom. The molecule has 0 saturated heterocycles. The summed E-state index contributed by atoms with van der Waals surface area (Å²) in [6.45, 7) is 0.563. The molecule has 0 aliphatic carbocycles. The monoisotopic (exact) mass is 263 g/mol. The van der Waals surface area contributed by atoms with Gasteiger partial charge in [-0.3, -0.25) is 0 Å². The van der Waals surface area contributed by atoms with Crippen molar-refractivity contribution in [3.05, 3.63) is 24.3 Å². The number of aromatic nitrogens is 4. The molecule has 0 aliphatic heterocycles. The number of ether oxygens (including phenoxy) is 2. The number of nitrogens with zero attached hydrogens (tertiary/aromatic N) is 4. The maximum Gasteiger partial charge on any atom is 0.181 e. The van der Waals surface area contributed by atoms with Crippen LogP contribution in [0.15, 0.2) is 24.3 Å². The molecule has 0 bridgehead atoms. The van der Waals surface area contributed by atoms with Crippen LogP contribution in [0.1, 0.15) is 0 Å². The van der Waals surface area contributed by atoms with Gasteiger partial charge in [-0.1, -0.05) is 12.1 Å². The molecular weight excluding hydrogens is 246 g/mol. The molecule has 1 heterocycles. The first kappa shape index (κ1) is 13.4. The Labute approximate surface area is 111 Å². The first-order valence-electron chi connectivity index (χ1n) is 5.87. The quantitative estimate of drug-likeness (QED) is 0.781. The van der Waals surface area contributed by atoms with E-state index < -0.39 is 0 Å². The van der Waals surface area contributed by atoms with Crippen molar-refractivity contribution in [3.8, 4) is 11.4 Å². The highest BCUT2D eigenvalue weighted by atomic mass is 16.7. The number of hydrogen-bond acceptors (Lipinski definition) is 6. The Balaban J connectivity index is 2.10. The SMILES string of the molecule is COC(CNc1cccc(-c2nnnn2C)c1)OC. The van der Waals surface area contributed by atoms with Crippen LogP contribution in [0.3, 0.4) is 0 Å². The first-order chi connectivity index (χ1) is 9.24. The van der Waals surface area contributed by atoms with Crippen molar-refractivity contribution in [2.24, 2.45) is 7.05 Å². The predicted molar refractivity (Wildman–Crippen MR) is 70.5 cm³/mol. The van der Waals surface area contributed by atoms with E-state index in [-0.39, 0.29) is 6.29 Å². The predicted octanol–water partition coefficient (Wildman–Crippen LogP) is 0.908. The fourth-order valence-corrected chi connectivity index (χ4v) is 1.71. The van der Waals surface area contributed by atoms with Crippen LogP contribution in [0.2, 0.25) is 0 Å². The van der Waals surface area contributed by atoms with Gasteiger partial charge in [0.15, 0.2) is 12.1 Å². The molecular formula is C12H17N5O2. The van der Waals surface area contributed by atoms with E-state index in [0.29, 0.717) is 6.54 Å². The summed E-state index contributed by atoms with van der Waals surface area (Å²) in [5, 5.41) is 14.7. The van der Waals surface area contributed by atoms with Gasteiger partial charge in [0.05, 0.1) is 6.54 Å². The Bertz CT molecular complexity index is 524. The molecule has 1 aromatic heterocycles. The van der Waals surface area contributed by atoms with Gasteiger partial charge < -0.3 is 14.8 Å². The van der Waals surface area contributed by atoms with Gasteiger partial charge in [-0.2, -0.15) is 0 Å². The molecule has 2 aromatic rings. The lowest BCUT2D eigenvalue weighted by molar-refractivity contribution is -0.0914. The molecule has 0 unspecified atom stereocenters. The van der Waals surface area contributed by atoms with Crippen molar-refractivity contribution in [1.29, 1.82) is 0 Å². The summed E-state index contributed by atoms with van der Waals surface area (Å²) >= 11 is 0. The minimum Gasteiger partial charge on any atom is -0.380 e. The zero-order valence-corrected chi connectivity index (χ0v) is 11.2. The summed E-state index contributed by atoms with van der Waals surface area (Å²) in [7, 11) is 5.02. The zero-order chi connectivity index (χ0) is 13.7. The van der Waals surface area contributed by atoms with E-state index in [1.807, 2.05) is 24.3 Å². The van der Waals surface area contributed by atoms with Crippen LogP contribution in [0, 0.1) is 0 Å². The second kappa shape index (κ2) is 6.26. The number of methoxy groups -OCH3 is 2.